The molecule has 3 nitrogen and oxygen atoms in total. The smallest absolute Gasteiger partial charge is 0.446 e. The van der Waals surface area contributed by atoms with Gasteiger partial charge in [-0.25, -0.2) is 0 Å². The second kappa shape index (κ2) is 8.38. The fourth-order valence-electron chi connectivity index (χ4n) is 1.86. The van der Waals surface area contributed by atoms with E-state index >= 15 is 0 Å². The molecule has 0 atom stereocenters. The monoisotopic (exact) mass is 323 g/mol. The Morgan fingerprint density at radius 2 is 1.76 bits per heavy atom. The first-order valence-electron chi connectivity index (χ1n) is 6.62. The van der Waals surface area contributed by atoms with Crippen LogP contribution in [0.1, 0.15) is 18.9 Å². The quantitative estimate of drug-likeness (QED) is 0.581. The number of rotatable bonds is 8. The van der Waals surface area contributed by atoms with E-state index in [4.69, 9.17) is 9.47 Å². The summed E-state index contributed by atoms with van der Waals surface area (Å²) in [5, 5.41) is 3.24. The normalized spacial score (nSPS) is 11.5. The van der Waals surface area contributed by atoms with Gasteiger partial charge < -0.3 is 14.8 Å². The van der Waals surface area contributed by atoms with Crippen LogP contribution in [0.15, 0.2) is 17.0 Å². The maximum absolute atomic E-state index is 12.5. The lowest BCUT2D eigenvalue weighted by Gasteiger charge is -2.15. The Labute approximate surface area is 127 Å². The Hall–Kier alpha value is -1.08. The number of hydrogen-bond donors (Lipinski definition) is 1. The van der Waals surface area contributed by atoms with Gasteiger partial charge in [-0.2, -0.15) is 13.2 Å². The standard InChI is InChI=1S/C14H20F3NO2S/c1-4-6-18-7-5-10-8-12(20-3)13(9-11(10)19-2)21-14(15,16)17/h8-9,18H,4-7H2,1-3H3. The van der Waals surface area contributed by atoms with Gasteiger partial charge in [0, 0.05) is 0 Å². The predicted octanol–water partition coefficient (Wildman–Crippen LogP) is 3.86. The summed E-state index contributed by atoms with van der Waals surface area (Å²) in [5.41, 5.74) is -3.54. The topological polar surface area (TPSA) is 30.5 Å². The van der Waals surface area contributed by atoms with Crippen molar-refractivity contribution in [2.75, 3.05) is 27.3 Å². The molecule has 21 heavy (non-hydrogen) atoms. The fourth-order valence-corrected chi connectivity index (χ4v) is 2.52. The van der Waals surface area contributed by atoms with Gasteiger partial charge >= 0.3 is 5.51 Å². The van der Waals surface area contributed by atoms with Crippen LogP contribution in [0, 0.1) is 0 Å². The number of hydrogen-bond acceptors (Lipinski definition) is 4. The van der Waals surface area contributed by atoms with Crippen LogP contribution in [0.4, 0.5) is 13.2 Å². The van der Waals surface area contributed by atoms with Crippen molar-refractivity contribution in [1.29, 1.82) is 0 Å². The maximum Gasteiger partial charge on any atom is 0.446 e. The van der Waals surface area contributed by atoms with Crippen LogP contribution in [0.2, 0.25) is 0 Å². The van der Waals surface area contributed by atoms with E-state index in [1.165, 1.54) is 20.3 Å². The first-order chi connectivity index (χ1) is 9.91. The van der Waals surface area contributed by atoms with Crippen LogP contribution in [-0.4, -0.2) is 32.8 Å². The number of thioether (sulfide) groups is 1. The number of ether oxygens (including phenoxy) is 2. The molecule has 0 fully saturated rings. The molecule has 120 valence electrons. The van der Waals surface area contributed by atoms with Gasteiger partial charge in [0.05, 0.1) is 19.1 Å². The number of nitrogens with one attached hydrogen (secondary N) is 1. The molecule has 0 bridgehead atoms. The SMILES string of the molecule is CCCNCCc1cc(OC)c(SC(F)(F)F)cc1OC. The van der Waals surface area contributed by atoms with Crippen molar-refractivity contribution in [1.82, 2.24) is 5.32 Å². The summed E-state index contributed by atoms with van der Waals surface area (Å²) in [6.45, 7) is 3.71. The number of alkyl halides is 3. The van der Waals surface area contributed by atoms with Crippen molar-refractivity contribution >= 4 is 11.8 Å². The van der Waals surface area contributed by atoms with Crippen LogP contribution in [-0.2, 0) is 6.42 Å². The minimum atomic E-state index is -4.36. The summed E-state index contributed by atoms with van der Waals surface area (Å²) < 4.78 is 47.9. The largest absolute Gasteiger partial charge is 0.496 e. The highest BCUT2D eigenvalue weighted by Gasteiger charge is 2.31. The molecule has 0 saturated heterocycles. The minimum Gasteiger partial charge on any atom is -0.496 e. The molecule has 1 aromatic rings. The minimum absolute atomic E-state index is 0.00659. The molecule has 0 aromatic heterocycles. The average Bonchev–Trinajstić information content (AvgIpc) is 2.42. The molecule has 1 N–H and O–H groups in total. The summed E-state index contributed by atoms with van der Waals surface area (Å²) in [4.78, 5) is 0.00659. The third-order valence-electron chi connectivity index (χ3n) is 2.79. The van der Waals surface area contributed by atoms with Gasteiger partial charge in [0.25, 0.3) is 0 Å². The van der Waals surface area contributed by atoms with Crippen molar-refractivity contribution in [2.24, 2.45) is 0 Å². The average molecular weight is 323 g/mol. The van der Waals surface area contributed by atoms with E-state index in [0.29, 0.717) is 12.2 Å². The van der Waals surface area contributed by atoms with Crippen LogP contribution < -0.4 is 14.8 Å². The summed E-state index contributed by atoms with van der Waals surface area (Å²) in [6, 6.07) is 2.99. The number of halogens is 3. The zero-order chi connectivity index (χ0) is 15.9. The first-order valence-corrected chi connectivity index (χ1v) is 7.44. The van der Waals surface area contributed by atoms with Gasteiger partial charge in [-0.15, -0.1) is 0 Å². The second-order valence-electron chi connectivity index (χ2n) is 4.36. The van der Waals surface area contributed by atoms with E-state index in [1.54, 1.807) is 6.07 Å². The lowest BCUT2D eigenvalue weighted by atomic mass is 10.1. The summed E-state index contributed by atoms with van der Waals surface area (Å²) in [6.07, 6.45) is 1.69. The molecule has 0 aliphatic rings. The van der Waals surface area contributed by atoms with E-state index in [-0.39, 0.29) is 22.4 Å². The molecule has 0 spiro atoms. The van der Waals surface area contributed by atoms with Gasteiger partial charge in [0.1, 0.15) is 11.5 Å². The number of benzene rings is 1. The highest BCUT2D eigenvalue weighted by atomic mass is 32.2. The van der Waals surface area contributed by atoms with Crippen LogP contribution in [0.5, 0.6) is 11.5 Å². The van der Waals surface area contributed by atoms with Crippen molar-refractivity contribution in [3.63, 3.8) is 0 Å². The van der Waals surface area contributed by atoms with E-state index in [1.807, 2.05) is 0 Å². The van der Waals surface area contributed by atoms with Crippen molar-refractivity contribution in [3.05, 3.63) is 17.7 Å². The zero-order valence-corrected chi connectivity index (χ0v) is 13.2. The Balaban J connectivity index is 2.94. The van der Waals surface area contributed by atoms with Gasteiger partial charge in [0.2, 0.25) is 0 Å². The van der Waals surface area contributed by atoms with E-state index in [9.17, 15) is 13.2 Å². The molecule has 0 amide bonds. The van der Waals surface area contributed by atoms with Crippen molar-refractivity contribution < 1.29 is 22.6 Å². The Morgan fingerprint density at radius 1 is 1.10 bits per heavy atom. The van der Waals surface area contributed by atoms with Crippen molar-refractivity contribution in [3.8, 4) is 11.5 Å². The van der Waals surface area contributed by atoms with E-state index in [2.05, 4.69) is 12.2 Å². The van der Waals surface area contributed by atoms with Crippen molar-refractivity contribution in [2.45, 2.75) is 30.2 Å². The molecular formula is C14H20F3NO2S. The lowest BCUT2D eigenvalue weighted by molar-refractivity contribution is -0.0328. The maximum atomic E-state index is 12.5. The third kappa shape index (κ3) is 6.05. The molecule has 0 radical (unpaired) electrons. The molecule has 0 aliphatic carbocycles. The number of methoxy groups -OCH3 is 2. The first kappa shape index (κ1) is 18.0. The van der Waals surface area contributed by atoms with E-state index in [0.717, 1.165) is 25.1 Å². The Morgan fingerprint density at radius 3 is 2.29 bits per heavy atom. The van der Waals surface area contributed by atoms with Crippen LogP contribution in [0.3, 0.4) is 0 Å². The lowest BCUT2D eigenvalue weighted by Crippen LogP contribution is -2.18. The predicted molar refractivity (Wildman–Crippen MR) is 78.3 cm³/mol. The van der Waals surface area contributed by atoms with E-state index < -0.39 is 5.51 Å². The Bertz CT molecular complexity index is 453. The molecule has 0 aliphatic heterocycles. The van der Waals surface area contributed by atoms with Gasteiger partial charge in [-0.1, -0.05) is 6.92 Å². The van der Waals surface area contributed by atoms with Crippen LogP contribution in [0.25, 0.3) is 0 Å². The Kier molecular flexibility index (Phi) is 7.17. The van der Waals surface area contributed by atoms with Crippen LogP contribution >= 0.6 is 11.8 Å². The van der Waals surface area contributed by atoms with Gasteiger partial charge in [-0.3, -0.25) is 0 Å². The molecule has 0 saturated carbocycles. The molecule has 1 aromatic carbocycles. The second-order valence-corrected chi connectivity index (χ2v) is 5.47. The highest BCUT2D eigenvalue weighted by molar-refractivity contribution is 8.00. The molecule has 7 heteroatoms. The summed E-state index contributed by atoms with van der Waals surface area (Å²) in [7, 11) is 2.81. The third-order valence-corrected chi connectivity index (χ3v) is 3.56. The summed E-state index contributed by atoms with van der Waals surface area (Å²) in [5.74, 6) is 0.657. The summed E-state index contributed by atoms with van der Waals surface area (Å²) >= 11 is -0.198. The molecule has 0 unspecified atom stereocenters. The van der Waals surface area contributed by atoms with Gasteiger partial charge in [-0.05, 0) is 55.4 Å². The molecule has 0 heterocycles. The highest BCUT2D eigenvalue weighted by Crippen LogP contribution is 2.44. The fraction of sp³-hybridized carbons (Fsp3) is 0.571. The zero-order valence-electron chi connectivity index (χ0n) is 12.3. The molecule has 1 rings (SSSR count). The van der Waals surface area contributed by atoms with Gasteiger partial charge in [0.15, 0.2) is 0 Å². The molecular weight excluding hydrogens is 303 g/mol.